The molecule has 1 atom stereocenters. The lowest BCUT2D eigenvalue weighted by atomic mass is 10.2. The molecule has 0 bridgehead atoms. The number of carbonyl (C=O) groups is 1. The molecule has 1 saturated heterocycles. The van der Waals surface area contributed by atoms with Crippen LogP contribution in [-0.4, -0.2) is 64.0 Å². The summed E-state index contributed by atoms with van der Waals surface area (Å²) in [5, 5.41) is 1.10. The molecule has 1 amide bonds. The van der Waals surface area contributed by atoms with Gasteiger partial charge in [-0.2, -0.15) is 0 Å². The van der Waals surface area contributed by atoms with E-state index in [4.69, 9.17) is 11.6 Å². The second-order valence-electron chi connectivity index (χ2n) is 5.59. The standard InChI is InChI=1S/C14H17ClN4O3S2/c1-2-19(10-3-4-24(21,22)8-10)12(20)7-23-14-17-11-5-9(15)6-16-13(11)18-14/h5-6,10H,2-4,7-8H2,1H3,(H,16,17,18)/t10-/m1/s1. The number of sulfone groups is 1. The van der Waals surface area contributed by atoms with Crippen LogP contribution in [0.1, 0.15) is 13.3 Å². The van der Waals surface area contributed by atoms with Gasteiger partial charge in [-0.1, -0.05) is 23.4 Å². The Morgan fingerprint density at radius 1 is 1.54 bits per heavy atom. The Kier molecular flexibility index (Phi) is 5.03. The summed E-state index contributed by atoms with van der Waals surface area (Å²) in [4.78, 5) is 25.6. The molecule has 10 heteroatoms. The highest BCUT2D eigenvalue weighted by Gasteiger charge is 2.33. The SMILES string of the molecule is CCN(C(=O)CSc1nc2ncc(Cl)cc2[nH]1)[C@@H]1CCS(=O)(=O)C1. The molecule has 7 nitrogen and oxygen atoms in total. The van der Waals surface area contributed by atoms with Crippen molar-refractivity contribution in [2.45, 2.75) is 24.5 Å². The second-order valence-corrected chi connectivity index (χ2v) is 9.22. The summed E-state index contributed by atoms with van der Waals surface area (Å²) in [6.07, 6.45) is 2.03. The van der Waals surface area contributed by atoms with Crippen LogP contribution in [0.15, 0.2) is 17.4 Å². The minimum Gasteiger partial charge on any atom is -0.338 e. The van der Waals surface area contributed by atoms with Gasteiger partial charge >= 0.3 is 0 Å². The predicted octanol–water partition coefficient (Wildman–Crippen LogP) is 1.74. The summed E-state index contributed by atoms with van der Waals surface area (Å²) >= 11 is 7.16. The van der Waals surface area contributed by atoms with Gasteiger partial charge in [-0.3, -0.25) is 4.79 Å². The number of H-pyrrole nitrogens is 1. The quantitative estimate of drug-likeness (QED) is 0.784. The van der Waals surface area contributed by atoms with E-state index in [2.05, 4.69) is 15.0 Å². The van der Waals surface area contributed by atoms with E-state index in [1.165, 1.54) is 18.0 Å². The van der Waals surface area contributed by atoms with Gasteiger partial charge in [-0.15, -0.1) is 0 Å². The molecular formula is C14H17ClN4O3S2. The highest BCUT2D eigenvalue weighted by molar-refractivity contribution is 7.99. The van der Waals surface area contributed by atoms with Crippen LogP contribution in [0.2, 0.25) is 5.02 Å². The molecule has 0 saturated carbocycles. The van der Waals surface area contributed by atoms with Crippen molar-refractivity contribution in [3.63, 3.8) is 0 Å². The molecule has 0 aliphatic carbocycles. The Bertz CT molecular complexity index is 868. The molecule has 0 unspecified atom stereocenters. The molecule has 1 N–H and O–H groups in total. The maximum atomic E-state index is 12.4. The molecule has 2 aromatic heterocycles. The summed E-state index contributed by atoms with van der Waals surface area (Å²) in [5.74, 6) is 0.323. The largest absolute Gasteiger partial charge is 0.338 e. The zero-order valence-electron chi connectivity index (χ0n) is 13.0. The maximum absolute atomic E-state index is 12.4. The van der Waals surface area contributed by atoms with Crippen LogP contribution < -0.4 is 0 Å². The first-order valence-electron chi connectivity index (χ1n) is 7.52. The molecule has 130 valence electrons. The number of imidazole rings is 1. The first-order chi connectivity index (χ1) is 11.4. The van der Waals surface area contributed by atoms with Crippen LogP contribution in [-0.2, 0) is 14.6 Å². The number of aromatic amines is 1. The fraction of sp³-hybridized carbons (Fsp3) is 0.500. The molecule has 0 radical (unpaired) electrons. The summed E-state index contributed by atoms with van der Waals surface area (Å²) in [6.45, 7) is 2.36. The Morgan fingerprint density at radius 2 is 2.33 bits per heavy atom. The number of pyridine rings is 1. The normalized spacial score (nSPS) is 19.7. The molecule has 0 spiro atoms. The minimum atomic E-state index is -3.01. The van der Waals surface area contributed by atoms with E-state index < -0.39 is 9.84 Å². The molecule has 1 fully saturated rings. The first kappa shape index (κ1) is 17.5. The number of carbonyl (C=O) groups excluding carboxylic acids is 1. The first-order valence-corrected chi connectivity index (χ1v) is 10.7. The number of aromatic nitrogens is 3. The summed E-state index contributed by atoms with van der Waals surface area (Å²) in [6, 6.07) is 1.51. The third-order valence-electron chi connectivity index (χ3n) is 3.92. The van der Waals surface area contributed by atoms with Crippen molar-refractivity contribution in [2.75, 3.05) is 23.8 Å². The predicted molar refractivity (Wildman–Crippen MR) is 94.1 cm³/mol. The maximum Gasteiger partial charge on any atom is 0.233 e. The van der Waals surface area contributed by atoms with Gasteiger partial charge < -0.3 is 9.88 Å². The number of fused-ring (bicyclic) bond motifs is 1. The number of nitrogens with one attached hydrogen (secondary N) is 1. The number of hydrogen-bond donors (Lipinski definition) is 1. The topological polar surface area (TPSA) is 96.0 Å². The van der Waals surface area contributed by atoms with Gasteiger partial charge in [0.25, 0.3) is 0 Å². The van der Waals surface area contributed by atoms with Crippen LogP contribution in [0.25, 0.3) is 11.2 Å². The van der Waals surface area contributed by atoms with Gasteiger partial charge in [0, 0.05) is 18.8 Å². The Hall–Kier alpha value is -1.32. The van der Waals surface area contributed by atoms with Crippen LogP contribution in [0, 0.1) is 0 Å². The van der Waals surface area contributed by atoms with E-state index in [1.807, 2.05) is 6.92 Å². The van der Waals surface area contributed by atoms with Crippen molar-refractivity contribution in [3.8, 4) is 0 Å². The zero-order chi connectivity index (χ0) is 17.3. The van der Waals surface area contributed by atoms with E-state index in [-0.39, 0.29) is 29.2 Å². The van der Waals surface area contributed by atoms with Crippen molar-refractivity contribution < 1.29 is 13.2 Å². The van der Waals surface area contributed by atoms with E-state index in [0.29, 0.717) is 34.3 Å². The molecule has 0 aromatic carbocycles. The fourth-order valence-electron chi connectivity index (χ4n) is 2.79. The van der Waals surface area contributed by atoms with Crippen molar-refractivity contribution in [3.05, 3.63) is 17.3 Å². The summed E-state index contributed by atoms with van der Waals surface area (Å²) < 4.78 is 23.2. The Labute approximate surface area is 149 Å². The van der Waals surface area contributed by atoms with Crippen molar-refractivity contribution in [1.82, 2.24) is 19.9 Å². The van der Waals surface area contributed by atoms with Gasteiger partial charge in [-0.05, 0) is 19.4 Å². The number of nitrogens with zero attached hydrogens (tertiary/aromatic N) is 3. The van der Waals surface area contributed by atoms with Crippen LogP contribution in [0.5, 0.6) is 0 Å². The third kappa shape index (κ3) is 3.84. The molecule has 2 aromatic rings. The highest BCUT2D eigenvalue weighted by atomic mass is 35.5. The zero-order valence-corrected chi connectivity index (χ0v) is 15.4. The lowest BCUT2D eigenvalue weighted by Gasteiger charge is -2.26. The Morgan fingerprint density at radius 3 is 3.00 bits per heavy atom. The minimum absolute atomic E-state index is 0.0598. The number of halogens is 1. The van der Waals surface area contributed by atoms with Crippen LogP contribution >= 0.6 is 23.4 Å². The van der Waals surface area contributed by atoms with Crippen LogP contribution in [0.3, 0.4) is 0 Å². The second kappa shape index (κ2) is 6.89. The van der Waals surface area contributed by atoms with Gasteiger partial charge in [0.1, 0.15) is 0 Å². The molecule has 1 aliphatic heterocycles. The number of hydrogen-bond acceptors (Lipinski definition) is 6. The lowest BCUT2D eigenvalue weighted by molar-refractivity contribution is -0.129. The van der Waals surface area contributed by atoms with E-state index >= 15 is 0 Å². The number of amides is 1. The molecule has 3 heterocycles. The fourth-order valence-corrected chi connectivity index (χ4v) is 5.44. The van der Waals surface area contributed by atoms with Gasteiger partial charge in [0.05, 0.1) is 27.8 Å². The summed E-state index contributed by atoms with van der Waals surface area (Å²) in [7, 11) is -3.01. The number of rotatable bonds is 5. The van der Waals surface area contributed by atoms with Crippen molar-refractivity contribution >= 4 is 50.3 Å². The lowest BCUT2D eigenvalue weighted by Crippen LogP contribution is -2.41. The summed E-state index contributed by atoms with van der Waals surface area (Å²) in [5.41, 5.74) is 1.26. The van der Waals surface area contributed by atoms with Gasteiger partial charge in [0.15, 0.2) is 20.6 Å². The van der Waals surface area contributed by atoms with Crippen LogP contribution in [0.4, 0.5) is 0 Å². The highest BCUT2D eigenvalue weighted by Crippen LogP contribution is 2.23. The smallest absolute Gasteiger partial charge is 0.233 e. The van der Waals surface area contributed by atoms with Crippen molar-refractivity contribution in [2.24, 2.45) is 0 Å². The molecule has 24 heavy (non-hydrogen) atoms. The Balaban J connectivity index is 1.64. The number of thioether (sulfide) groups is 1. The third-order valence-corrected chi connectivity index (χ3v) is 6.74. The van der Waals surface area contributed by atoms with Gasteiger partial charge in [0.2, 0.25) is 5.91 Å². The van der Waals surface area contributed by atoms with E-state index in [0.717, 1.165) is 0 Å². The van der Waals surface area contributed by atoms with Crippen molar-refractivity contribution in [1.29, 1.82) is 0 Å². The van der Waals surface area contributed by atoms with Gasteiger partial charge in [-0.25, -0.2) is 18.4 Å². The molecular weight excluding hydrogens is 372 g/mol. The van der Waals surface area contributed by atoms with E-state index in [1.54, 1.807) is 11.0 Å². The average Bonchev–Trinajstić information content (AvgIpc) is 3.08. The monoisotopic (exact) mass is 388 g/mol. The molecule has 1 aliphatic rings. The molecule has 3 rings (SSSR count). The average molecular weight is 389 g/mol. The van der Waals surface area contributed by atoms with E-state index in [9.17, 15) is 13.2 Å².